The fourth-order valence-corrected chi connectivity index (χ4v) is 3.78. The molecule has 2 aromatic rings. The summed E-state index contributed by atoms with van der Waals surface area (Å²) in [7, 11) is -3.69. The lowest BCUT2D eigenvalue weighted by Gasteiger charge is -2.26. The molecule has 0 radical (unpaired) electrons. The molecule has 7 heteroatoms. The third-order valence-corrected chi connectivity index (χ3v) is 5.45. The molecule has 0 aromatic heterocycles. The second-order valence-corrected chi connectivity index (χ2v) is 7.32. The number of carboxylic acid groups (broad SMARTS) is 1. The second-order valence-electron chi connectivity index (χ2n) is 5.55. The molecule has 0 bridgehead atoms. The van der Waals surface area contributed by atoms with Gasteiger partial charge in [-0.2, -0.15) is 0 Å². The zero-order valence-corrected chi connectivity index (χ0v) is 13.6. The normalized spacial score (nSPS) is 16.9. The summed E-state index contributed by atoms with van der Waals surface area (Å²) in [5.41, 5.74) is 1.04. The highest BCUT2D eigenvalue weighted by molar-refractivity contribution is 7.89. The van der Waals surface area contributed by atoms with E-state index in [-0.39, 0.29) is 22.9 Å². The minimum absolute atomic E-state index is 0.0445. The van der Waals surface area contributed by atoms with Crippen molar-refractivity contribution in [3.63, 3.8) is 0 Å². The summed E-state index contributed by atoms with van der Waals surface area (Å²) in [6, 6.07) is 12.7. The van der Waals surface area contributed by atoms with Crippen LogP contribution in [0.1, 0.15) is 28.3 Å². The Bertz CT molecular complexity index is 846. The van der Waals surface area contributed by atoms with Gasteiger partial charge < -0.3 is 9.84 Å². The second kappa shape index (κ2) is 6.62. The van der Waals surface area contributed by atoms with E-state index < -0.39 is 16.0 Å². The Balaban J connectivity index is 1.73. The molecular formula is C17H17NO5S. The van der Waals surface area contributed by atoms with Gasteiger partial charge in [-0.05, 0) is 42.3 Å². The van der Waals surface area contributed by atoms with E-state index in [1.165, 1.54) is 24.3 Å². The summed E-state index contributed by atoms with van der Waals surface area (Å²) in [5.74, 6) is -0.257. The lowest BCUT2D eigenvalue weighted by Crippen LogP contribution is -2.30. The van der Waals surface area contributed by atoms with E-state index in [1.807, 2.05) is 24.3 Å². The van der Waals surface area contributed by atoms with Gasteiger partial charge in [-0.1, -0.05) is 18.2 Å². The maximum atomic E-state index is 12.4. The summed E-state index contributed by atoms with van der Waals surface area (Å²) >= 11 is 0. The Hall–Kier alpha value is -2.38. The monoisotopic (exact) mass is 347 g/mol. The van der Waals surface area contributed by atoms with Crippen LogP contribution in [0.3, 0.4) is 0 Å². The molecule has 1 aliphatic heterocycles. The predicted octanol–water partition coefficient (Wildman–Crippen LogP) is 2.23. The van der Waals surface area contributed by atoms with Crippen molar-refractivity contribution in [1.82, 2.24) is 4.72 Å². The summed E-state index contributed by atoms with van der Waals surface area (Å²) in [4.78, 5) is 10.9. The van der Waals surface area contributed by atoms with Crippen LogP contribution in [-0.2, 0) is 10.0 Å². The van der Waals surface area contributed by atoms with Crippen LogP contribution in [0.25, 0.3) is 0 Å². The lowest BCUT2D eigenvalue weighted by atomic mass is 9.93. The first-order chi connectivity index (χ1) is 11.5. The average molecular weight is 347 g/mol. The van der Waals surface area contributed by atoms with Gasteiger partial charge in [0, 0.05) is 12.5 Å². The lowest BCUT2D eigenvalue weighted by molar-refractivity contribution is 0.0696. The molecule has 6 nitrogen and oxygen atoms in total. The molecular weight excluding hydrogens is 330 g/mol. The topological polar surface area (TPSA) is 92.7 Å². The first-order valence-corrected chi connectivity index (χ1v) is 9.00. The molecule has 2 N–H and O–H groups in total. The SMILES string of the molecule is O=C(O)c1ccc(S(=O)(=O)NCC2CCOc3ccccc32)cc1. The number of carboxylic acids is 1. The van der Waals surface area contributed by atoms with Gasteiger partial charge >= 0.3 is 5.97 Å². The van der Waals surface area contributed by atoms with Crippen molar-refractivity contribution >= 4 is 16.0 Å². The van der Waals surface area contributed by atoms with Gasteiger partial charge in [-0.3, -0.25) is 0 Å². The highest BCUT2D eigenvalue weighted by atomic mass is 32.2. The summed E-state index contributed by atoms with van der Waals surface area (Å²) < 4.78 is 32.9. The Labute approximate surface area is 140 Å². The molecule has 0 spiro atoms. The van der Waals surface area contributed by atoms with Gasteiger partial charge in [0.2, 0.25) is 10.0 Å². The van der Waals surface area contributed by atoms with Gasteiger partial charge in [-0.15, -0.1) is 0 Å². The molecule has 1 aliphatic rings. The molecule has 0 amide bonds. The Morgan fingerprint density at radius 2 is 1.88 bits per heavy atom. The third-order valence-electron chi connectivity index (χ3n) is 4.01. The van der Waals surface area contributed by atoms with E-state index in [2.05, 4.69) is 4.72 Å². The minimum Gasteiger partial charge on any atom is -0.493 e. The molecule has 1 unspecified atom stereocenters. The van der Waals surface area contributed by atoms with Gasteiger partial charge in [0.1, 0.15) is 5.75 Å². The molecule has 2 aromatic carbocycles. The first kappa shape index (κ1) is 16.5. The summed E-state index contributed by atoms with van der Waals surface area (Å²) in [5, 5.41) is 8.87. The van der Waals surface area contributed by atoms with Crippen molar-refractivity contribution in [2.24, 2.45) is 0 Å². The largest absolute Gasteiger partial charge is 0.493 e. The van der Waals surface area contributed by atoms with Crippen LogP contribution in [0.2, 0.25) is 0 Å². The van der Waals surface area contributed by atoms with Gasteiger partial charge in [0.15, 0.2) is 0 Å². The van der Waals surface area contributed by atoms with Crippen LogP contribution in [0, 0.1) is 0 Å². The van der Waals surface area contributed by atoms with Crippen molar-refractivity contribution in [2.45, 2.75) is 17.2 Å². The number of benzene rings is 2. The summed E-state index contributed by atoms with van der Waals surface area (Å²) in [6.07, 6.45) is 0.734. The van der Waals surface area contributed by atoms with Crippen LogP contribution in [0.4, 0.5) is 0 Å². The standard InChI is InChI=1S/C17H17NO5S/c19-17(20)12-5-7-14(8-6-12)24(21,22)18-11-13-9-10-23-16-4-2-1-3-15(13)16/h1-8,13,18H,9-11H2,(H,19,20). The van der Waals surface area contributed by atoms with Crippen LogP contribution >= 0.6 is 0 Å². The molecule has 3 rings (SSSR count). The van der Waals surface area contributed by atoms with Crippen molar-refractivity contribution < 1.29 is 23.1 Å². The number of ether oxygens (including phenoxy) is 1. The fourth-order valence-electron chi connectivity index (χ4n) is 2.70. The molecule has 0 saturated heterocycles. The number of hydrogen-bond donors (Lipinski definition) is 2. The third kappa shape index (κ3) is 3.42. The quantitative estimate of drug-likeness (QED) is 0.865. The van der Waals surface area contributed by atoms with Crippen molar-refractivity contribution in [3.05, 3.63) is 59.7 Å². The number of fused-ring (bicyclic) bond motifs is 1. The predicted molar refractivity (Wildman–Crippen MR) is 87.9 cm³/mol. The Morgan fingerprint density at radius 1 is 1.17 bits per heavy atom. The number of para-hydroxylation sites is 1. The highest BCUT2D eigenvalue weighted by Crippen LogP contribution is 2.33. The number of rotatable bonds is 5. The van der Waals surface area contributed by atoms with E-state index in [9.17, 15) is 13.2 Å². The average Bonchev–Trinajstić information content (AvgIpc) is 2.60. The Kier molecular flexibility index (Phi) is 4.55. The highest BCUT2D eigenvalue weighted by Gasteiger charge is 2.23. The van der Waals surface area contributed by atoms with Crippen LogP contribution in [0.5, 0.6) is 5.75 Å². The molecule has 0 fully saturated rings. The fraction of sp³-hybridized carbons (Fsp3) is 0.235. The van der Waals surface area contributed by atoms with E-state index in [0.717, 1.165) is 17.7 Å². The maximum Gasteiger partial charge on any atom is 0.335 e. The number of sulfonamides is 1. The van der Waals surface area contributed by atoms with Crippen LogP contribution in [0.15, 0.2) is 53.4 Å². The maximum absolute atomic E-state index is 12.4. The molecule has 0 saturated carbocycles. The number of hydrogen-bond acceptors (Lipinski definition) is 4. The number of aromatic carboxylic acids is 1. The molecule has 24 heavy (non-hydrogen) atoms. The Morgan fingerprint density at radius 3 is 2.58 bits per heavy atom. The van der Waals surface area contributed by atoms with Gasteiger partial charge in [0.25, 0.3) is 0 Å². The molecule has 1 atom stereocenters. The number of nitrogens with one attached hydrogen (secondary N) is 1. The van der Waals surface area contributed by atoms with Crippen LogP contribution in [-0.4, -0.2) is 32.6 Å². The van der Waals surface area contributed by atoms with Crippen molar-refractivity contribution in [3.8, 4) is 5.75 Å². The van der Waals surface area contributed by atoms with E-state index >= 15 is 0 Å². The minimum atomic E-state index is -3.69. The zero-order valence-electron chi connectivity index (χ0n) is 12.8. The number of carbonyl (C=O) groups is 1. The van der Waals surface area contributed by atoms with Crippen molar-refractivity contribution in [2.75, 3.05) is 13.2 Å². The smallest absolute Gasteiger partial charge is 0.335 e. The van der Waals surface area contributed by atoms with Gasteiger partial charge in [-0.25, -0.2) is 17.9 Å². The van der Waals surface area contributed by atoms with E-state index in [1.54, 1.807) is 0 Å². The first-order valence-electron chi connectivity index (χ1n) is 7.52. The molecule has 1 heterocycles. The van der Waals surface area contributed by atoms with E-state index in [0.29, 0.717) is 6.61 Å². The molecule has 0 aliphatic carbocycles. The van der Waals surface area contributed by atoms with Crippen molar-refractivity contribution in [1.29, 1.82) is 0 Å². The molecule has 126 valence electrons. The van der Waals surface area contributed by atoms with E-state index in [4.69, 9.17) is 9.84 Å². The summed E-state index contributed by atoms with van der Waals surface area (Å²) in [6.45, 7) is 0.820. The zero-order chi connectivity index (χ0) is 17.2. The van der Waals surface area contributed by atoms with Gasteiger partial charge in [0.05, 0.1) is 17.1 Å². The van der Waals surface area contributed by atoms with Crippen LogP contribution < -0.4 is 9.46 Å².